The summed E-state index contributed by atoms with van der Waals surface area (Å²) in [7, 11) is 0. The molecule has 1 fully saturated rings. The van der Waals surface area contributed by atoms with Crippen LogP contribution in [-0.4, -0.2) is 4.87 Å². The Morgan fingerprint density at radius 3 is 2.44 bits per heavy atom. The topological polar surface area (TPSA) is 0 Å². The van der Waals surface area contributed by atoms with Crippen LogP contribution in [0.15, 0.2) is 30.3 Å². The van der Waals surface area contributed by atoms with Gasteiger partial charge in [-0.2, -0.15) is 0 Å². The van der Waals surface area contributed by atoms with Crippen LogP contribution in [0.5, 0.6) is 0 Å². The molecule has 0 N–H and O–H groups in total. The minimum Gasteiger partial charge on any atom is -0.104 e. The van der Waals surface area contributed by atoms with E-state index in [1.807, 2.05) is 6.07 Å². The number of rotatable bonds is 1. The molecule has 0 spiro atoms. The van der Waals surface area contributed by atoms with Crippen LogP contribution in [0.25, 0.3) is 0 Å². The van der Waals surface area contributed by atoms with Crippen molar-refractivity contribution in [1.29, 1.82) is 0 Å². The fourth-order valence-electron chi connectivity index (χ4n) is 1.74. The van der Waals surface area contributed by atoms with Crippen molar-refractivity contribution < 1.29 is 0 Å². The Hall–Kier alpha value is -0.930. The van der Waals surface area contributed by atoms with Crippen LogP contribution in [0, 0.1) is 17.3 Å². The lowest BCUT2D eigenvalue weighted by Crippen LogP contribution is -2.04. The fourth-order valence-corrected chi connectivity index (χ4v) is 2.06. The Balaban J connectivity index is 2.12. The van der Waals surface area contributed by atoms with Gasteiger partial charge in [-0.15, -0.1) is 11.6 Å². The minimum atomic E-state index is -0.311. The van der Waals surface area contributed by atoms with Crippen LogP contribution >= 0.6 is 11.6 Å². The molecule has 0 saturated heterocycles. The molecule has 2 unspecified atom stereocenters. The van der Waals surface area contributed by atoms with Gasteiger partial charge < -0.3 is 0 Å². The van der Waals surface area contributed by atoms with E-state index >= 15 is 0 Å². The summed E-state index contributed by atoms with van der Waals surface area (Å²) in [5, 5.41) is 0. The zero-order valence-electron chi connectivity index (χ0n) is 10.0. The quantitative estimate of drug-likeness (QED) is 0.503. The van der Waals surface area contributed by atoms with Crippen molar-refractivity contribution in [1.82, 2.24) is 0 Å². The first-order valence-electron chi connectivity index (χ1n) is 5.69. The number of benzene rings is 1. The first-order chi connectivity index (χ1) is 7.41. The lowest BCUT2D eigenvalue weighted by molar-refractivity contribution is 0.570. The van der Waals surface area contributed by atoms with Gasteiger partial charge in [-0.25, -0.2) is 0 Å². The highest BCUT2D eigenvalue weighted by Crippen LogP contribution is 2.56. The highest BCUT2D eigenvalue weighted by molar-refractivity contribution is 6.29. The molecular formula is C15H17Cl. The second-order valence-corrected chi connectivity index (χ2v) is 6.20. The van der Waals surface area contributed by atoms with Crippen LogP contribution in [-0.2, 0) is 0 Å². The van der Waals surface area contributed by atoms with Crippen LogP contribution in [0.2, 0.25) is 0 Å². The van der Waals surface area contributed by atoms with Crippen molar-refractivity contribution in [3.05, 3.63) is 35.9 Å². The smallest absolute Gasteiger partial charge is 0.104 e. The average Bonchev–Trinajstić information content (AvgIpc) is 2.90. The lowest BCUT2D eigenvalue weighted by Gasteiger charge is -2.08. The number of alkyl halides is 1. The molecule has 1 aliphatic rings. The molecule has 0 amide bonds. The summed E-state index contributed by atoms with van der Waals surface area (Å²) >= 11 is 6.48. The maximum atomic E-state index is 6.48. The summed E-state index contributed by atoms with van der Waals surface area (Å²) in [4.78, 5) is -0.311. The predicted octanol–water partition coefficient (Wildman–Crippen LogP) is 4.20. The van der Waals surface area contributed by atoms with E-state index in [-0.39, 0.29) is 10.3 Å². The average molecular weight is 233 g/mol. The van der Waals surface area contributed by atoms with Gasteiger partial charge in [0, 0.05) is 11.3 Å². The predicted molar refractivity (Wildman–Crippen MR) is 69.6 cm³/mol. The largest absolute Gasteiger partial charge is 0.112 e. The number of halogens is 1. The molecule has 2 atom stereocenters. The second-order valence-electron chi connectivity index (χ2n) is 5.53. The van der Waals surface area contributed by atoms with E-state index in [0.29, 0.717) is 5.92 Å². The van der Waals surface area contributed by atoms with Gasteiger partial charge in [-0.1, -0.05) is 42.2 Å². The van der Waals surface area contributed by atoms with E-state index in [1.54, 1.807) is 0 Å². The number of hydrogen-bond acceptors (Lipinski definition) is 0. The van der Waals surface area contributed by atoms with Crippen LogP contribution in [0.1, 0.15) is 38.7 Å². The minimum absolute atomic E-state index is 0.0335. The van der Waals surface area contributed by atoms with E-state index in [1.165, 1.54) is 5.56 Å². The molecule has 0 aromatic heterocycles. The molecule has 1 saturated carbocycles. The molecule has 1 heteroatoms. The highest BCUT2D eigenvalue weighted by Gasteiger charge is 2.52. The van der Waals surface area contributed by atoms with E-state index in [2.05, 4.69) is 56.9 Å². The lowest BCUT2D eigenvalue weighted by atomic mass is 9.97. The molecule has 1 aromatic rings. The maximum Gasteiger partial charge on any atom is 0.112 e. The monoisotopic (exact) mass is 232 g/mol. The molecule has 2 rings (SSSR count). The number of hydrogen-bond donors (Lipinski definition) is 0. The molecule has 1 aliphatic carbocycles. The van der Waals surface area contributed by atoms with E-state index in [0.717, 1.165) is 6.42 Å². The van der Waals surface area contributed by atoms with Crippen molar-refractivity contribution in [3.8, 4) is 11.8 Å². The fraction of sp³-hybridized carbons (Fsp3) is 0.467. The first kappa shape index (κ1) is 11.6. The van der Waals surface area contributed by atoms with Crippen LogP contribution < -0.4 is 0 Å². The zero-order valence-corrected chi connectivity index (χ0v) is 10.8. The molecule has 0 nitrogen and oxygen atoms in total. The molecule has 0 aliphatic heterocycles. The standard InChI is InChI=1S/C15H17Cl/c1-14(2,3)9-10-15(16)11-13(15)12-7-5-4-6-8-12/h4-8,13H,11H2,1-3H3. The van der Waals surface area contributed by atoms with Crippen molar-refractivity contribution in [3.63, 3.8) is 0 Å². The molecular weight excluding hydrogens is 216 g/mol. The molecule has 16 heavy (non-hydrogen) atoms. The van der Waals surface area contributed by atoms with Crippen molar-refractivity contribution in [2.75, 3.05) is 0 Å². The summed E-state index contributed by atoms with van der Waals surface area (Å²) in [5.74, 6) is 6.89. The maximum absolute atomic E-state index is 6.48. The van der Waals surface area contributed by atoms with Gasteiger partial charge in [0.05, 0.1) is 0 Å². The molecule has 0 radical (unpaired) electrons. The van der Waals surface area contributed by atoms with Gasteiger partial charge in [-0.3, -0.25) is 0 Å². The van der Waals surface area contributed by atoms with E-state index in [9.17, 15) is 0 Å². The Morgan fingerprint density at radius 2 is 1.88 bits per heavy atom. The van der Waals surface area contributed by atoms with E-state index < -0.39 is 0 Å². The molecule has 1 aromatic carbocycles. The van der Waals surface area contributed by atoms with Crippen LogP contribution in [0.3, 0.4) is 0 Å². The summed E-state index contributed by atoms with van der Waals surface area (Å²) in [5.41, 5.74) is 1.34. The van der Waals surface area contributed by atoms with Gasteiger partial charge in [0.25, 0.3) is 0 Å². The Bertz CT molecular complexity index is 430. The summed E-state index contributed by atoms with van der Waals surface area (Å²) in [6.45, 7) is 6.33. The zero-order chi connectivity index (χ0) is 11.8. The third kappa shape index (κ3) is 2.60. The van der Waals surface area contributed by atoms with Gasteiger partial charge in [-0.05, 0) is 32.8 Å². The Kier molecular flexibility index (Phi) is 2.76. The van der Waals surface area contributed by atoms with Crippen molar-refractivity contribution in [2.45, 2.75) is 38.0 Å². The SMILES string of the molecule is CC(C)(C)C#CC1(Cl)CC1c1ccccc1. The molecule has 0 heterocycles. The second kappa shape index (κ2) is 3.82. The third-order valence-corrected chi connectivity index (χ3v) is 3.25. The van der Waals surface area contributed by atoms with Crippen molar-refractivity contribution >= 4 is 11.6 Å². The Labute approximate surface area is 103 Å². The summed E-state index contributed by atoms with van der Waals surface area (Å²) in [6.07, 6.45) is 0.974. The summed E-state index contributed by atoms with van der Waals surface area (Å²) in [6, 6.07) is 10.4. The van der Waals surface area contributed by atoms with Gasteiger partial charge in [0.1, 0.15) is 4.87 Å². The van der Waals surface area contributed by atoms with Crippen molar-refractivity contribution in [2.24, 2.45) is 5.41 Å². The first-order valence-corrected chi connectivity index (χ1v) is 6.07. The van der Waals surface area contributed by atoms with Crippen LogP contribution in [0.4, 0.5) is 0 Å². The molecule has 0 bridgehead atoms. The van der Waals surface area contributed by atoms with Gasteiger partial charge in [0.2, 0.25) is 0 Å². The Morgan fingerprint density at radius 1 is 1.25 bits per heavy atom. The highest BCUT2D eigenvalue weighted by atomic mass is 35.5. The summed E-state index contributed by atoms with van der Waals surface area (Å²) < 4.78 is 0. The van der Waals surface area contributed by atoms with Gasteiger partial charge in [0.15, 0.2) is 0 Å². The third-order valence-electron chi connectivity index (χ3n) is 2.74. The van der Waals surface area contributed by atoms with Gasteiger partial charge >= 0.3 is 0 Å². The molecule has 84 valence electrons. The normalized spacial score (nSPS) is 28.1. The van der Waals surface area contributed by atoms with E-state index in [4.69, 9.17) is 11.6 Å².